The maximum atomic E-state index is 12.1. The summed E-state index contributed by atoms with van der Waals surface area (Å²) in [4.78, 5) is 12.1. The first kappa shape index (κ1) is 20.4. The molecule has 0 aliphatic heterocycles. The molecule has 0 aliphatic carbocycles. The van der Waals surface area contributed by atoms with E-state index in [1.807, 2.05) is 67.9 Å². The van der Waals surface area contributed by atoms with Gasteiger partial charge in [-0.05, 0) is 57.0 Å². The van der Waals surface area contributed by atoms with Crippen molar-refractivity contribution in [1.82, 2.24) is 15.1 Å². The average molecular weight is 389 g/mol. The lowest BCUT2D eigenvalue weighted by Crippen LogP contribution is -2.23. The monoisotopic (exact) mass is 389 g/mol. The molecule has 0 saturated heterocycles. The highest BCUT2D eigenvalue weighted by atomic mass is 16.5. The van der Waals surface area contributed by atoms with E-state index in [2.05, 4.69) is 18.0 Å². The predicted molar refractivity (Wildman–Crippen MR) is 116 cm³/mol. The van der Waals surface area contributed by atoms with Crippen LogP contribution in [0, 0.1) is 20.8 Å². The highest BCUT2D eigenvalue weighted by molar-refractivity contribution is 5.76. The molecule has 1 amide bonds. The lowest BCUT2D eigenvalue weighted by molar-refractivity contribution is -0.120. The molecule has 0 spiro atoms. The van der Waals surface area contributed by atoms with Gasteiger partial charge < -0.3 is 10.1 Å². The van der Waals surface area contributed by atoms with Gasteiger partial charge in [0.15, 0.2) is 0 Å². The van der Waals surface area contributed by atoms with Gasteiger partial charge in [0, 0.05) is 18.5 Å². The van der Waals surface area contributed by atoms with E-state index in [4.69, 9.17) is 9.84 Å². The average Bonchev–Trinajstić information content (AvgIpc) is 3.01. The largest absolute Gasteiger partial charge is 0.439 e. The molecule has 0 atom stereocenters. The van der Waals surface area contributed by atoms with Gasteiger partial charge >= 0.3 is 0 Å². The molecule has 29 heavy (non-hydrogen) atoms. The van der Waals surface area contributed by atoms with Crippen LogP contribution in [-0.2, 0) is 11.2 Å². The van der Waals surface area contributed by atoms with Crippen molar-refractivity contribution in [2.24, 2.45) is 0 Å². The normalized spacial score (nSPS) is 10.6. The summed E-state index contributed by atoms with van der Waals surface area (Å²) in [7, 11) is 0. The van der Waals surface area contributed by atoms with Crippen molar-refractivity contribution >= 4 is 5.91 Å². The Kier molecular flexibility index (Phi) is 6.50. The van der Waals surface area contributed by atoms with E-state index in [1.165, 1.54) is 5.56 Å². The Morgan fingerprint density at radius 1 is 1.14 bits per heavy atom. The molecule has 1 heterocycles. The van der Waals surface area contributed by atoms with E-state index >= 15 is 0 Å². The van der Waals surface area contributed by atoms with Crippen LogP contribution in [0.3, 0.4) is 0 Å². The number of rotatable bonds is 8. The number of hydrogen-bond donors (Lipinski definition) is 1. The Bertz CT molecular complexity index is 1000. The SMILES string of the molecule is C=CCNC(=O)CCc1c(C)nn(-c2cccc(C)c2)c1Oc1ccc(C)cc1. The molecule has 5 nitrogen and oxygen atoms in total. The van der Waals surface area contributed by atoms with Crippen LogP contribution in [-0.4, -0.2) is 22.2 Å². The first-order valence-electron chi connectivity index (χ1n) is 9.75. The maximum Gasteiger partial charge on any atom is 0.226 e. The van der Waals surface area contributed by atoms with Crippen LogP contribution < -0.4 is 10.1 Å². The number of carbonyl (C=O) groups excluding carboxylic acids is 1. The Morgan fingerprint density at radius 3 is 2.59 bits per heavy atom. The van der Waals surface area contributed by atoms with Gasteiger partial charge in [-0.3, -0.25) is 4.79 Å². The minimum absolute atomic E-state index is 0.0195. The molecule has 3 rings (SSSR count). The minimum atomic E-state index is -0.0195. The van der Waals surface area contributed by atoms with E-state index in [1.54, 1.807) is 6.08 Å². The Hall–Kier alpha value is -3.34. The Morgan fingerprint density at radius 2 is 1.90 bits per heavy atom. The second-order valence-corrected chi connectivity index (χ2v) is 7.13. The molecule has 0 bridgehead atoms. The molecule has 0 saturated carbocycles. The number of ether oxygens (including phenoxy) is 1. The number of benzene rings is 2. The summed E-state index contributed by atoms with van der Waals surface area (Å²) >= 11 is 0. The van der Waals surface area contributed by atoms with Crippen molar-refractivity contribution in [2.75, 3.05) is 6.54 Å². The third-order valence-corrected chi connectivity index (χ3v) is 4.66. The van der Waals surface area contributed by atoms with Crippen LogP contribution >= 0.6 is 0 Å². The Balaban J connectivity index is 1.96. The fraction of sp³-hybridized carbons (Fsp3) is 0.250. The first-order chi connectivity index (χ1) is 14.0. The van der Waals surface area contributed by atoms with Gasteiger partial charge in [-0.15, -0.1) is 6.58 Å². The second kappa shape index (κ2) is 9.24. The van der Waals surface area contributed by atoms with E-state index in [0.717, 1.165) is 28.3 Å². The van der Waals surface area contributed by atoms with Gasteiger partial charge in [-0.2, -0.15) is 5.10 Å². The second-order valence-electron chi connectivity index (χ2n) is 7.13. The molecular weight excluding hydrogens is 362 g/mol. The summed E-state index contributed by atoms with van der Waals surface area (Å²) in [6.45, 7) is 10.1. The molecule has 0 aliphatic rings. The lowest BCUT2D eigenvalue weighted by Gasteiger charge is -2.12. The van der Waals surface area contributed by atoms with Gasteiger partial charge in [-0.25, -0.2) is 4.68 Å². The minimum Gasteiger partial charge on any atom is -0.439 e. The number of aromatic nitrogens is 2. The third-order valence-electron chi connectivity index (χ3n) is 4.66. The highest BCUT2D eigenvalue weighted by Gasteiger charge is 2.20. The first-order valence-corrected chi connectivity index (χ1v) is 9.75. The van der Waals surface area contributed by atoms with Crippen LogP contribution in [0.2, 0.25) is 0 Å². The molecule has 5 heteroatoms. The summed E-state index contributed by atoms with van der Waals surface area (Å²) < 4.78 is 8.10. The number of aryl methyl sites for hydroxylation is 3. The summed E-state index contributed by atoms with van der Waals surface area (Å²) in [6.07, 6.45) is 2.57. The van der Waals surface area contributed by atoms with Crippen molar-refractivity contribution in [2.45, 2.75) is 33.6 Å². The molecular formula is C24H27N3O2. The number of amides is 1. The van der Waals surface area contributed by atoms with Gasteiger partial charge in [0.25, 0.3) is 0 Å². The summed E-state index contributed by atoms with van der Waals surface area (Å²) in [5.41, 5.74) is 5.02. The van der Waals surface area contributed by atoms with Crippen molar-refractivity contribution in [3.8, 4) is 17.3 Å². The van der Waals surface area contributed by atoms with Gasteiger partial charge in [0.1, 0.15) is 5.75 Å². The predicted octanol–water partition coefficient (Wildman–Crippen LogP) is 4.82. The number of hydrogen-bond acceptors (Lipinski definition) is 3. The molecule has 0 unspecified atom stereocenters. The zero-order valence-electron chi connectivity index (χ0n) is 17.2. The van der Waals surface area contributed by atoms with E-state index in [-0.39, 0.29) is 5.91 Å². The molecule has 1 N–H and O–H groups in total. The summed E-state index contributed by atoms with van der Waals surface area (Å²) in [5, 5.41) is 7.54. The van der Waals surface area contributed by atoms with E-state index < -0.39 is 0 Å². The van der Waals surface area contributed by atoms with Crippen LogP contribution in [0.4, 0.5) is 0 Å². The quantitative estimate of drug-likeness (QED) is 0.562. The topological polar surface area (TPSA) is 56.2 Å². The van der Waals surface area contributed by atoms with Gasteiger partial charge in [0.2, 0.25) is 11.8 Å². The number of nitrogens with one attached hydrogen (secondary N) is 1. The highest BCUT2D eigenvalue weighted by Crippen LogP contribution is 2.31. The summed E-state index contributed by atoms with van der Waals surface area (Å²) in [6, 6.07) is 16.0. The standard InChI is InChI=1S/C24H27N3O2/c1-5-15-25-23(28)14-13-22-19(4)26-27(20-8-6-7-18(3)16-20)24(22)29-21-11-9-17(2)10-12-21/h5-12,16H,1,13-15H2,2-4H3,(H,25,28). The Labute approximate surface area is 172 Å². The maximum absolute atomic E-state index is 12.1. The van der Waals surface area contributed by atoms with Crippen molar-refractivity contribution < 1.29 is 9.53 Å². The number of nitrogens with zero attached hydrogens (tertiary/aromatic N) is 2. The molecule has 150 valence electrons. The number of carbonyl (C=O) groups is 1. The van der Waals surface area contributed by atoms with E-state index in [9.17, 15) is 4.79 Å². The van der Waals surface area contributed by atoms with Crippen molar-refractivity contribution in [1.29, 1.82) is 0 Å². The molecule has 3 aromatic rings. The van der Waals surface area contributed by atoms with Crippen LogP contribution in [0.25, 0.3) is 5.69 Å². The third kappa shape index (κ3) is 5.13. The zero-order valence-corrected chi connectivity index (χ0v) is 17.2. The fourth-order valence-electron chi connectivity index (χ4n) is 3.10. The molecule has 0 fully saturated rings. The van der Waals surface area contributed by atoms with E-state index in [0.29, 0.717) is 25.3 Å². The smallest absolute Gasteiger partial charge is 0.226 e. The molecule has 0 radical (unpaired) electrons. The zero-order chi connectivity index (χ0) is 20.8. The lowest BCUT2D eigenvalue weighted by atomic mass is 10.1. The fourth-order valence-corrected chi connectivity index (χ4v) is 3.10. The van der Waals surface area contributed by atoms with Crippen molar-refractivity contribution in [3.05, 3.63) is 83.6 Å². The van der Waals surface area contributed by atoms with Gasteiger partial charge in [0.05, 0.1) is 11.4 Å². The van der Waals surface area contributed by atoms with Crippen LogP contribution in [0.5, 0.6) is 11.6 Å². The molecule has 1 aromatic heterocycles. The summed E-state index contributed by atoms with van der Waals surface area (Å²) in [5.74, 6) is 1.36. The van der Waals surface area contributed by atoms with Crippen LogP contribution in [0.15, 0.2) is 61.2 Å². The molecule has 2 aromatic carbocycles. The van der Waals surface area contributed by atoms with Gasteiger partial charge in [-0.1, -0.05) is 35.9 Å². The van der Waals surface area contributed by atoms with Crippen molar-refractivity contribution in [3.63, 3.8) is 0 Å². The van der Waals surface area contributed by atoms with Crippen LogP contribution in [0.1, 0.15) is 28.8 Å².